The van der Waals surface area contributed by atoms with Crippen molar-refractivity contribution in [2.24, 2.45) is 11.1 Å². The molecule has 1 unspecified atom stereocenters. The quantitative estimate of drug-likeness (QED) is 0.801. The van der Waals surface area contributed by atoms with E-state index in [4.69, 9.17) is 5.73 Å². The van der Waals surface area contributed by atoms with E-state index in [1.54, 1.807) is 6.07 Å². The van der Waals surface area contributed by atoms with Crippen molar-refractivity contribution in [1.82, 2.24) is 9.97 Å². The largest absolute Gasteiger partial charge is 0.356 e. The van der Waals surface area contributed by atoms with Crippen molar-refractivity contribution in [3.63, 3.8) is 0 Å². The summed E-state index contributed by atoms with van der Waals surface area (Å²) >= 11 is 0. The third-order valence-electron chi connectivity index (χ3n) is 3.49. The standard InChI is InChI=1S/C12H20N4O/c1-3-9-14-10(6-11(17)15-9)16-5-4-12(2,7-13)8-16/h6H,3-5,7-8,13H2,1-2H3,(H,14,15,17). The Kier molecular flexibility index (Phi) is 3.19. The number of nitrogens with two attached hydrogens (primary N) is 1. The highest BCUT2D eigenvalue weighted by Gasteiger charge is 2.33. The van der Waals surface area contributed by atoms with Crippen LogP contribution in [0.3, 0.4) is 0 Å². The van der Waals surface area contributed by atoms with E-state index in [9.17, 15) is 4.79 Å². The minimum Gasteiger partial charge on any atom is -0.356 e. The molecule has 0 radical (unpaired) electrons. The summed E-state index contributed by atoms with van der Waals surface area (Å²) < 4.78 is 0. The highest BCUT2D eigenvalue weighted by atomic mass is 16.1. The molecular weight excluding hydrogens is 216 g/mol. The Balaban J connectivity index is 2.24. The van der Waals surface area contributed by atoms with Crippen LogP contribution in [0.4, 0.5) is 5.82 Å². The number of H-pyrrole nitrogens is 1. The third-order valence-corrected chi connectivity index (χ3v) is 3.49. The number of hydrogen-bond donors (Lipinski definition) is 2. The Hall–Kier alpha value is -1.36. The minimum atomic E-state index is -0.0757. The van der Waals surface area contributed by atoms with E-state index in [-0.39, 0.29) is 11.0 Å². The molecular formula is C12H20N4O. The van der Waals surface area contributed by atoms with E-state index in [1.165, 1.54) is 0 Å². The van der Waals surface area contributed by atoms with Gasteiger partial charge in [0.1, 0.15) is 11.6 Å². The Labute approximate surface area is 101 Å². The number of aryl methyl sites for hydroxylation is 1. The van der Waals surface area contributed by atoms with Crippen molar-refractivity contribution in [3.05, 3.63) is 22.2 Å². The van der Waals surface area contributed by atoms with Crippen LogP contribution >= 0.6 is 0 Å². The minimum absolute atomic E-state index is 0.0757. The van der Waals surface area contributed by atoms with Crippen LogP contribution in [0.25, 0.3) is 0 Å². The zero-order valence-corrected chi connectivity index (χ0v) is 10.5. The molecule has 2 heterocycles. The molecule has 0 saturated carbocycles. The molecule has 1 aliphatic rings. The maximum Gasteiger partial charge on any atom is 0.252 e. The first-order valence-electron chi connectivity index (χ1n) is 6.11. The zero-order chi connectivity index (χ0) is 12.5. The summed E-state index contributed by atoms with van der Waals surface area (Å²) in [6.45, 7) is 6.64. The van der Waals surface area contributed by atoms with Gasteiger partial charge in [-0.1, -0.05) is 13.8 Å². The van der Waals surface area contributed by atoms with Gasteiger partial charge in [0.25, 0.3) is 5.56 Å². The van der Waals surface area contributed by atoms with Gasteiger partial charge in [-0.2, -0.15) is 0 Å². The van der Waals surface area contributed by atoms with Crippen molar-refractivity contribution in [2.75, 3.05) is 24.5 Å². The fraction of sp³-hybridized carbons (Fsp3) is 0.667. The Morgan fingerprint density at radius 3 is 3.00 bits per heavy atom. The van der Waals surface area contributed by atoms with Crippen LogP contribution in [0.5, 0.6) is 0 Å². The fourth-order valence-electron chi connectivity index (χ4n) is 2.21. The van der Waals surface area contributed by atoms with Gasteiger partial charge in [0, 0.05) is 25.6 Å². The normalized spacial score (nSPS) is 24.3. The topological polar surface area (TPSA) is 75.0 Å². The molecule has 0 aliphatic carbocycles. The van der Waals surface area contributed by atoms with Crippen LogP contribution in [-0.4, -0.2) is 29.6 Å². The van der Waals surface area contributed by atoms with E-state index in [2.05, 4.69) is 21.8 Å². The summed E-state index contributed by atoms with van der Waals surface area (Å²) in [6, 6.07) is 1.57. The molecule has 5 nitrogen and oxygen atoms in total. The second-order valence-corrected chi connectivity index (χ2v) is 5.09. The van der Waals surface area contributed by atoms with Crippen LogP contribution in [0.1, 0.15) is 26.1 Å². The van der Waals surface area contributed by atoms with E-state index in [0.717, 1.165) is 37.6 Å². The van der Waals surface area contributed by atoms with Crippen molar-refractivity contribution >= 4 is 5.82 Å². The van der Waals surface area contributed by atoms with Crippen LogP contribution in [0, 0.1) is 5.41 Å². The van der Waals surface area contributed by atoms with E-state index in [0.29, 0.717) is 6.54 Å². The van der Waals surface area contributed by atoms with Gasteiger partial charge < -0.3 is 15.6 Å². The highest BCUT2D eigenvalue weighted by molar-refractivity contribution is 5.39. The Bertz CT molecular complexity index is 456. The van der Waals surface area contributed by atoms with Gasteiger partial charge in [-0.15, -0.1) is 0 Å². The van der Waals surface area contributed by atoms with Gasteiger partial charge in [-0.3, -0.25) is 4.79 Å². The summed E-state index contributed by atoms with van der Waals surface area (Å²) in [5.74, 6) is 1.52. The van der Waals surface area contributed by atoms with Crippen molar-refractivity contribution < 1.29 is 0 Å². The monoisotopic (exact) mass is 236 g/mol. The van der Waals surface area contributed by atoms with Gasteiger partial charge in [-0.05, 0) is 18.4 Å². The lowest BCUT2D eigenvalue weighted by Crippen LogP contribution is -2.32. The summed E-state index contributed by atoms with van der Waals surface area (Å²) in [7, 11) is 0. The smallest absolute Gasteiger partial charge is 0.252 e. The number of anilines is 1. The predicted molar refractivity (Wildman–Crippen MR) is 68.2 cm³/mol. The van der Waals surface area contributed by atoms with Crippen molar-refractivity contribution in [2.45, 2.75) is 26.7 Å². The summed E-state index contributed by atoms with van der Waals surface area (Å²) in [5.41, 5.74) is 5.85. The van der Waals surface area contributed by atoms with Gasteiger partial charge in [0.15, 0.2) is 0 Å². The van der Waals surface area contributed by atoms with E-state index < -0.39 is 0 Å². The molecule has 1 saturated heterocycles. The van der Waals surface area contributed by atoms with E-state index >= 15 is 0 Å². The Morgan fingerprint density at radius 2 is 2.41 bits per heavy atom. The van der Waals surface area contributed by atoms with Crippen molar-refractivity contribution in [3.8, 4) is 0 Å². The molecule has 1 aromatic heterocycles. The summed E-state index contributed by atoms with van der Waals surface area (Å²) in [6.07, 6.45) is 1.80. The molecule has 3 N–H and O–H groups in total. The molecule has 0 bridgehead atoms. The van der Waals surface area contributed by atoms with Gasteiger partial charge >= 0.3 is 0 Å². The third kappa shape index (κ3) is 2.49. The first-order valence-corrected chi connectivity index (χ1v) is 6.11. The first-order chi connectivity index (χ1) is 8.06. The average molecular weight is 236 g/mol. The Morgan fingerprint density at radius 1 is 1.65 bits per heavy atom. The van der Waals surface area contributed by atoms with Crippen LogP contribution < -0.4 is 16.2 Å². The molecule has 1 aromatic rings. The van der Waals surface area contributed by atoms with Crippen LogP contribution in [0.2, 0.25) is 0 Å². The zero-order valence-electron chi connectivity index (χ0n) is 10.5. The van der Waals surface area contributed by atoms with Gasteiger partial charge in [0.2, 0.25) is 0 Å². The molecule has 1 atom stereocenters. The van der Waals surface area contributed by atoms with Gasteiger partial charge in [0.05, 0.1) is 0 Å². The second kappa shape index (κ2) is 4.49. The summed E-state index contributed by atoms with van der Waals surface area (Å²) in [5, 5.41) is 0. The molecule has 0 spiro atoms. The van der Waals surface area contributed by atoms with Crippen molar-refractivity contribution in [1.29, 1.82) is 0 Å². The average Bonchev–Trinajstić information content (AvgIpc) is 2.72. The lowest BCUT2D eigenvalue weighted by molar-refractivity contribution is 0.383. The molecule has 5 heteroatoms. The number of nitrogens with zero attached hydrogens (tertiary/aromatic N) is 2. The SMILES string of the molecule is CCc1nc(N2CCC(C)(CN)C2)cc(=O)[nH]1. The number of aromatic nitrogens is 2. The molecule has 0 aromatic carbocycles. The number of rotatable bonds is 3. The highest BCUT2D eigenvalue weighted by Crippen LogP contribution is 2.30. The maximum absolute atomic E-state index is 11.5. The van der Waals surface area contributed by atoms with Crippen LogP contribution in [-0.2, 0) is 6.42 Å². The molecule has 1 fully saturated rings. The molecule has 94 valence electrons. The van der Waals surface area contributed by atoms with Crippen LogP contribution in [0.15, 0.2) is 10.9 Å². The maximum atomic E-state index is 11.5. The van der Waals surface area contributed by atoms with Gasteiger partial charge in [-0.25, -0.2) is 4.98 Å². The van der Waals surface area contributed by atoms with E-state index in [1.807, 2.05) is 6.92 Å². The lowest BCUT2D eigenvalue weighted by atomic mass is 9.90. The molecule has 2 rings (SSSR count). The predicted octanol–water partition coefficient (Wildman–Crippen LogP) is 0.507. The number of hydrogen-bond acceptors (Lipinski definition) is 4. The second-order valence-electron chi connectivity index (χ2n) is 5.09. The number of aromatic amines is 1. The molecule has 0 amide bonds. The molecule has 17 heavy (non-hydrogen) atoms. The lowest BCUT2D eigenvalue weighted by Gasteiger charge is -2.23. The number of nitrogens with one attached hydrogen (secondary N) is 1. The fourth-order valence-corrected chi connectivity index (χ4v) is 2.21. The summed E-state index contributed by atoms with van der Waals surface area (Å²) in [4.78, 5) is 20.9. The first kappa shape index (κ1) is 12.1. The molecule has 1 aliphatic heterocycles.